The summed E-state index contributed by atoms with van der Waals surface area (Å²) >= 11 is 0. The third-order valence-electron chi connectivity index (χ3n) is 9.27. The molecule has 4 aliphatic carbocycles. The molecular formula is C30H38N4P2. The zero-order chi connectivity index (χ0) is 24.9. The molecule has 1 aromatic carbocycles. The fourth-order valence-corrected chi connectivity index (χ4v) is 10.8. The van der Waals surface area contributed by atoms with E-state index >= 15 is 0 Å². The van der Waals surface area contributed by atoms with Gasteiger partial charge in [-0.25, -0.2) is 0 Å². The van der Waals surface area contributed by atoms with E-state index in [2.05, 4.69) is 58.2 Å². The first-order valence-electron chi connectivity index (χ1n) is 13.5. The van der Waals surface area contributed by atoms with E-state index in [0.717, 1.165) is 40.7 Å². The summed E-state index contributed by atoms with van der Waals surface area (Å²) in [6.45, 7) is 6.99. The van der Waals surface area contributed by atoms with Crippen LogP contribution in [0.1, 0.15) is 69.6 Å². The Labute approximate surface area is 219 Å². The van der Waals surface area contributed by atoms with Gasteiger partial charge in [-0.05, 0) is 89.5 Å². The number of hydrogen-bond donors (Lipinski definition) is 0. The van der Waals surface area contributed by atoms with Gasteiger partial charge in [-0.1, -0.05) is 39.0 Å². The number of nitrogens with zero attached hydrogens (tertiary/aromatic N) is 4. The van der Waals surface area contributed by atoms with Crippen molar-refractivity contribution in [3.05, 3.63) is 72.1 Å². The van der Waals surface area contributed by atoms with Gasteiger partial charge >= 0.3 is 0 Å². The third-order valence-corrected chi connectivity index (χ3v) is 12.0. The molecule has 6 heteroatoms. The number of benzene rings is 1. The number of aromatic nitrogens is 4. The average Bonchev–Trinajstić information content (AvgIpc) is 2.87. The maximum atomic E-state index is 4.77. The fourth-order valence-electron chi connectivity index (χ4n) is 7.97. The molecule has 2 heterocycles. The molecule has 4 atom stereocenters. The third kappa shape index (κ3) is 4.33. The Kier molecular flexibility index (Phi) is 6.50. The molecule has 7 rings (SSSR count). The van der Waals surface area contributed by atoms with E-state index in [1.807, 2.05) is 24.8 Å². The monoisotopic (exact) mass is 516 g/mol. The lowest BCUT2D eigenvalue weighted by molar-refractivity contribution is -0.0520. The molecular weight excluding hydrogens is 478 g/mol. The van der Waals surface area contributed by atoms with Gasteiger partial charge in [0.15, 0.2) is 0 Å². The van der Waals surface area contributed by atoms with Crippen molar-refractivity contribution >= 4 is 28.0 Å². The van der Waals surface area contributed by atoms with Gasteiger partial charge in [0.1, 0.15) is 0 Å². The Morgan fingerprint density at radius 1 is 0.917 bits per heavy atom. The Bertz CT molecular complexity index is 1160. The van der Waals surface area contributed by atoms with Gasteiger partial charge in [0.05, 0.1) is 23.3 Å². The topological polar surface area (TPSA) is 51.6 Å². The predicted octanol–water partition coefficient (Wildman–Crippen LogP) is 5.77. The SMILES string of the molecule is CC(C)(C)c1ccc(C23CC4CC(CC(C4)C2CP)C3)c(CP(c2cnccn2)c2cnccn2)c1. The van der Waals surface area contributed by atoms with Crippen LogP contribution in [0.15, 0.2) is 55.4 Å². The lowest BCUT2D eigenvalue weighted by Crippen LogP contribution is -2.56. The molecule has 4 fully saturated rings. The normalized spacial score (nSPS) is 29.1. The van der Waals surface area contributed by atoms with Gasteiger partial charge in [0.25, 0.3) is 0 Å². The van der Waals surface area contributed by atoms with E-state index in [1.54, 1.807) is 18.0 Å². The molecule has 2 aromatic heterocycles. The van der Waals surface area contributed by atoms with Crippen molar-refractivity contribution < 1.29 is 0 Å². The highest BCUT2D eigenvalue weighted by Crippen LogP contribution is 2.64. The first kappa shape index (κ1) is 24.6. The van der Waals surface area contributed by atoms with Crippen LogP contribution >= 0.6 is 17.2 Å². The summed E-state index contributed by atoms with van der Waals surface area (Å²) in [4.78, 5) is 18.4. The quantitative estimate of drug-likeness (QED) is 0.391. The van der Waals surface area contributed by atoms with E-state index in [1.165, 1.54) is 49.4 Å². The summed E-state index contributed by atoms with van der Waals surface area (Å²) < 4.78 is 0. The lowest BCUT2D eigenvalue weighted by atomic mass is 9.43. The van der Waals surface area contributed by atoms with Gasteiger partial charge in [0.2, 0.25) is 0 Å². The first-order chi connectivity index (χ1) is 17.4. The van der Waals surface area contributed by atoms with E-state index < -0.39 is 7.92 Å². The first-order valence-corrected chi connectivity index (χ1v) is 15.9. The Morgan fingerprint density at radius 2 is 1.56 bits per heavy atom. The second-order valence-electron chi connectivity index (χ2n) is 12.4. The minimum absolute atomic E-state index is 0.108. The summed E-state index contributed by atoms with van der Waals surface area (Å²) in [6.07, 6.45) is 20.3. The van der Waals surface area contributed by atoms with Crippen LogP contribution in [0, 0.1) is 23.7 Å². The maximum Gasteiger partial charge on any atom is 0.0877 e. The Morgan fingerprint density at radius 3 is 2.08 bits per heavy atom. The Hall–Kier alpha value is -1.76. The largest absolute Gasteiger partial charge is 0.261 e. The van der Waals surface area contributed by atoms with Crippen molar-refractivity contribution in [2.45, 2.75) is 69.9 Å². The Balaban J connectivity index is 1.50. The predicted molar refractivity (Wildman–Crippen MR) is 152 cm³/mol. The lowest BCUT2D eigenvalue weighted by Gasteiger charge is -2.62. The molecule has 0 amide bonds. The number of rotatable bonds is 6. The van der Waals surface area contributed by atoms with Gasteiger partial charge < -0.3 is 0 Å². The van der Waals surface area contributed by atoms with E-state index in [-0.39, 0.29) is 5.41 Å². The zero-order valence-corrected chi connectivity index (χ0v) is 23.8. The van der Waals surface area contributed by atoms with E-state index in [0.29, 0.717) is 5.41 Å². The summed E-state index contributed by atoms with van der Waals surface area (Å²) in [5.41, 5.74) is 7.05. The van der Waals surface area contributed by atoms with Crippen molar-refractivity contribution in [2.75, 3.05) is 6.16 Å². The van der Waals surface area contributed by atoms with Crippen molar-refractivity contribution in [2.24, 2.45) is 23.7 Å². The molecule has 4 unspecified atom stereocenters. The van der Waals surface area contributed by atoms with Crippen LogP contribution in [0.3, 0.4) is 0 Å². The number of hydrogen-bond acceptors (Lipinski definition) is 4. The van der Waals surface area contributed by atoms with Gasteiger partial charge in [-0.15, -0.1) is 9.24 Å². The molecule has 4 bridgehead atoms. The molecule has 0 saturated heterocycles. The molecule has 0 radical (unpaired) electrons. The van der Waals surface area contributed by atoms with E-state index in [9.17, 15) is 0 Å². The molecule has 0 spiro atoms. The van der Waals surface area contributed by atoms with Crippen LogP contribution in [0.4, 0.5) is 0 Å². The molecule has 188 valence electrons. The van der Waals surface area contributed by atoms with Crippen LogP contribution in [0.5, 0.6) is 0 Å². The summed E-state index contributed by atoms with van der Waals surface area (Å²) in [7, 11) is 2.33. The van der Waals surface area contributed by atoms with Gasteiger partial charge in [-0.2, -0.15) is 0 Å². The van der Waals surface area contributed by atoms with Crippen molar-refractivity contribution in [1.82, 2.24) is 19.9 Å². The van der Waals surface area contributed by atoms with Crippen molar-refractivity contribution in [1.29, 1.82) is 0 Å². The highest BCUT2D eigenvalue weighted by molar-refractivity contribution is 7.71. The summed E-state index contributed by atoms with van der Waals surface area (Å²) in [6, 6.07) is 7.51. The minimum Gasteiger partial charge on any atom is -0.261 e. The summed E-state index contributed by atoms with van der Waals surface area (Å²) in [5, 5.41) is 0. The van der Waals surface area contributed by atoms with Crippen LogP contribution in [-0.2, 0) is 17.0 Å². The van der Waals surface area contributed by atoms with Crippen LogP contribution in [0.25, 0.3) is 0 Å². The molecule has 3 aromatic rings. The zero-order valence-electron chi connectivity index (χ0n) is 21.8. The molecule has 4 aliphatic rings. The van der Waals surface area contributed by atoms with Crippen molar-refractivity contribution in [3.8, 4) is 0 Å². The second-order valence-corrected chi connectivity index (χ2v) is 15.0. The van der Waals surface area contributed by atoms with Crippen LogP contribution in [0.2, 0.25) is 0 Å². The summed E-state index contributed by atoms with van der Waals surface area (Å²) in [5.74, 6) is 3.48. The molecule has 4 saturated carbocycles. The standard InChI is InChI=1S/C30H38N4P2/c1-29(2,3)24-4-5-25(30-14-20-10-21(15-30)12-22(11-20)26(30)18-35)23(13-24)19-36(27-16-31-6-8-33-27)28-17-32-7-9-34-28/h4-9,13,16-17,20-22,26H,10-12,14-15,18-19,35H2,1-3H3. The highest BCUT2D eigenvalue weighted by Gasteiger charge is 2.57. The van der Waals surface area contributed by atoms with Gasteiger partial charge in [-0.3, -0.25) is 19.9 Å². The smallest absolute Gasteiger partial charge is 0.0877 e. The van der Waals surface area contributed by atoms with Gasteiger partial charge in [0, 0.05) is 38.9 Å². The molecule has 4 nitrogen and oxygen atoms in total. The van der Waals surface area contributed by atoms with Crippen molar-refractivity contribution in [3.63, 3.8) is 0 Å². The van der Waals surface area contributed by atoms with Crippen LogP contribution in [-0.4, -0.2) is 26.1 Å². The fraction of sp³-hybridized carbons (Fsp3) is 0.533. The molecule has 0 N–H and O–H groups in total. The maximum absolute atomic E-state index is 4.77. The molecule has 36 heavy (non-hydrogen) atoms. The highest BCUT2D eigenvalue weighted by atomic mass is 31.1. The average molecular weight is 517 g/mol. The minimum atomic E-state index is -0.804. The van der Waals surface area contributed by atoms with Crippen LogP contribution < -0.4 is 10.9 Å². The van der Waals surface area contributed by atoms with E-state index in [4.69, 9.17) is 9.97 Å². The molecule has 0 aliphatic heterocycles. The second kappa shape index (κ2) is 9.52.